The molecule has 2 rings (SSSR count). The lowest BCUT2D eigenvalue weighted by atomic mass is 9.87. The first-order chi connectivity index (χ1) is 8.63. The number of piperidine rings is 1. The molecule has 1 heterocycles. The SMILES string of the molecule is CC1CC(CBr)C(S)C(C)N1Cc1ccccc1. The van der Waals surface area contributed by atoms with Gasteiger partial charge in [0.25, 0.3) is 0 Å². The summed E-state index contributed by atoms with van der Waals surface area (Å²) in [6.07, 6.45) is 1.23. The minimum absolute atomic E-state index is 0.462. The van der Waals surface area contributed by atoms with Gasteiger partial charge in [0.2, 0.25) is 0 Å². The number of rotatable bonds is 3. The summed E-state index contributed by atoms with van der Waals surface area (Å²) in [6, 6.07) is 11.9. The van der Waals surface area contributed by atoms with E-state index in [-0.39, 0.29) is 0 Å². The largest absolute Gasteiger partial charge is 0.293 e. The number of likely N-dealkylation sites (tertiary alicyclic amines) is 1. The van der Waals surface area contributed by atoms with Crippen molar-refractivity contribution >= 4 is 28.6 Å². The van der Waals surface area contributed by atoms with Crippen molar-refractivity contribution < 1.29 is 0 Å². The minimum atomic E-state index is 0.462. The zero-order chi connectivity index (χ0) is 13.1. The van der Waals surface area contributed by atoms with E-state index in [1.807, 2.05) is 0 Å². The number of hydrogen-bond acceptors (Lipinski definition) is 2. The van der Waals surface area contributed by atoms with E-state index in [4.69, 9.17) is 12.6 Å². The van der Waals surface area contributed by atoms with Gasteiger partial charge in [0.05, 0.1) is 0 Å². The van der Waals surface area contributed by atoms with Gasteiger partial charge < -0.3 is 0 Å². The quantitative estimate of drug-likeness (QED) is 0.649. The van der Waals surface area contributed by atoms with E-state index in [0.717, 1.165) is 11.9 Å². The minimum Gasteiger partial charge on any atom is -0.293 e. The molecule has 4 unspecified atom stereocenters. The summed E-state index contributed by atoms with van der Waals surface area (Å²) in [4.78, 5) is 2.59. The molecule has 0 radical (unpaired) electrons. The summed E-state index contributed by atoms with van der Waals surface area (Å²) in [5.41, 5.74) is 1.40. The van der Waals surface area contributed by atoms with Crippen LogP contribution in [0, 0.1) is 5.92 Å². The average Bonchev–Trinajstić information content (AvgIpc) is 2.40. The highest BCUT2D eigenvalue weighted by Crippen LogP contribution is 2.33. The molecule has 0 aliphatic carbocycles. The average molecular weight is 328 g/mol. The molecule has 100 valence electrons. The van der Waals surface area contributed by atoms with Crippen LogP contribution in [0.25, 0.3) is 0 Å². The lowest BCUT2D eigenvalue weighted by Gasteiger charge is -2.46. The van der Waals surface area contributed by atoms with Crippen molar-refractivity contribution in [2.24, 2.45) is 5.92 Å². The van der Waals surface area contributed by atoms with Gasteiger partial charge in [-0.05, 0) is 31.7 Å². The normalized spacial score (nSPS) is 33.6. The van der Waals surface area contributed by atoms with Crippen molar-refractivity contribution in [3.63, 3.8) is 0 Å². The monoisotopic (exact) mass is 327 g/mol. The van der Waals surface area contributed by atoms with Gasteiger partial charge in [-0.2, -0.15) is 12.6 Å². The molecular formula is C15H22BrNS. The Bertz CT molecular complexity index is 370. The standard InChI is InChI=1S/C15H22BrNS/c1-11-8-14(9-16)15(18)12(2)17(11)10-13-6-4-3-5-7-13/h3-7,11-12,14-15,18H,8-10H2,1-2H3. The molecule has 1 aliphatic heterocycles. The Morgan fingerprint density at radius 2 is 1.94 bits per heavy atom. The molecular weight excluding hydrogens is 306 g/mol. The summed E-state index contributed by atoms with van der Waals surface area (Å²) < 4.78 is 0. The van der Waals surface area contributed by atoms with Crippen LogP contribution in [0.15, 0.2) is 30.3 Å². The van der Waals surface area contributed by atoms with E-state index in [2.05, 4.69) is 65.0 Å². The van der Waals surface area contributed by atoms with Crippen LogP contribution in [0.2, 0.25) is 0 Å². The summed E-state index contributed by atoms with van der Waals surface area (Å²) in [5.74, 6) is 0.686. The third kappa shape index (κ3) is 3.12. The zero-order valence-corrected chi connectivity index (χ0v) is 13.6. The molecule has 0 bridgehead atoms. The number of thiol groups is 1. The Hall–Kier alpha value is 0.01000. The molecule has 0 spiro atoms. The van der Waals surface area contributed by atoms with E-state index >= 15 is 0 Å². The maximum absolute atomic E-state index is 4.83. The molecule has 1 nitrogen and oxygen atoms in total. The molecule has 1 aromatic carbocycles. The van der Waals surface area contributed by atoms with Crippen LogP contribution in [0.1, 0.15) is 25.8 Å². The van der Waals surface area contributed by atoms with Crippen LogP contribution >= 0.6 is 28.6 Å². The van der Waals surface area contributed by atoms with Gasteiger partial charge in [0.15, 0.2) is 0 Å². The lowest BCUT2D eigenvalue weighted by molar-refractivity contribution is 0.0762. The van der Waals surface area contributed by atoms with Crippen molar-refractivity contribution in [2.75, 3.05) is 5.33 Å². The smallest absolute Gasteiger partial charge is 0.0239 e. The van der Waals surface area contributed by atoms with Gasteiger partial charge in [-0.25, -0.2) is 0 Å². The van der Waals surface area contributed by atoms with E-state index < -0.39 is 0 Å². The number of hydrogen-bond donors (Lipinski definition) is 1. The van der Waals surface area contributed by atoms with E-state index in [1.165, 1.54) is 12.0 Å². The van der Waals surface area contributed by atoms with Crippen LogP contribution in [-0.2, 0) is 6.54 Å². The van der Waals surface area contributed by atoms with Gasteiger partial charge in [0.1, 0.15) is 0 Å². The van der Waals surface area contributed by atoms with E-state index in [0.29, 0.717) is 23.3 Å². The molecule has 1 fully saturated rings. The van der Waals surface area contributed by atoms with Crippen molar-refractivity contribution in [3.8, 4) is 0 Å². The fraction of sp³-hybridized carbons (Fsp3) is 0.600. The second-order valence-electron chi connectivity index (χ2n) is 5.39. The molecule has 0 N–H and O–H groups in total. The summed E-state index contributed by atoms with van der Waals surface area (Å²) in [6.45, 7) is 5.69. The Morgan fingerprint density at radius 1 is 1.28 bits per heavy atom. The second kappa shape index (κ2) is 6.44. The van der Waals surface area contributed by atoms with Crippen molar-refractivity contribution in [3.05, 3.63) is 35.9 Å². The molecule has 18 heavy (non-hydrogen) atoms. The molecule has 3 heteroatoms. The van der Waals surface area contributed by atoms with Gasteiger partial charge in [-0.3, -0.25) is 4.90 Å². The number of benzene rings is 1. The van der Waals surface area contributed by atoms with Crippen LogP contribution < -0.4 is 0 Å². The van der Waals surface area contributed by atoms with Crippen LogP contribution in [0.3, 0.4) is 0 Å². The first-order valence-corrected chi connectivity index (χ1v) is 8.31. The third-order valence-electron chi connectivity index (χ3n) is 4.12. The predicted molar refractivity (Wildman–Crippen MR) is 85.6 cm³/mol. The van der Waals surface area contributed by atoms with Gasteiger partial charge in [-0.15, -0.1) is 0 Å². The van der Waals surface area contributed by atoms with Gasteiger partial charge in [-0.1, -0.05) is 46.3 Å². The maximum Gasteiger partial charge on any atom is 0.0239 e. The number of nitrogens with zero attached hydrogens (tertiary/aromatic N) is 1. The highest BCUT2D eigenvalue weighted by atomic mass is 79.9. The Labute approximate surface area is 124 Å². The third-order valence-corrected chi connectivity index (χ3v) is 5.80. The van der Waals surface area contributed by atoms with Crippen molar-refractivity contribution in [1.82, 2.24) is 4.90 Å². The van der Waals surface area contributed by atoms with Crippen LogP contribution in [-0.4, -0.2) is 27.6 Å². The lowest BCUT2D eigenvalue weighted by Crippen LogP contribution is -2.52. The Balaban J connectivity index is 2.08. The van der Waals surface area contributed by atoms with E-state index in [9.17, 15) is 0 Å². The maximum atomic E-state index is 4.83. The fourth-order valence-corrected chi connectivity index (χ4v) is 4.31. The second-order valence-corrected chi connectivity index (χ2v) is 6.63. The first kappa shape index (κ1) is 14.4. The van der Waals surface area contributed by atoms with Crippen molar-refractivity contribution in [1.29, 1.82) is 0 Å². The highest BCUT2D eigenvalue weighted by molar-refractivity contribution is 9.09. The molecule has 4 atom stereocenters. The topological polar surface area (TPSA) is 3.24 Å². The van der Waals surface area contributed by atoms with E-state index in [1.54, 1.807) is 0 Å². The highest BCUT2D eigenvalue weighted by Gasteiger charge is 2.36. The van der Waals surface area contributed by atoms with Gasteiger partial charge >= 0.3 is 0 Å². The Morgan fingerprint density at radius 3 is 2.56 bits per heavy atom. The van der Waals surface area contributed by atoms with Crippen LogP contribution in [0.4, 0.5) is 0 Å². The molecule has 0 amide bonds. The number of halogens is 1. The molecule has 1 aliphatic rings. The van der Waals surface area contributed by atoms with Crippen molar-refractivity contribution in [2.45, 2.75) is 44.1 Å². The Kier molecular flexibility index (Phi) is 5.16. The zero-order valence-electron chi connectivity index (χ0n) is 11.1. The first-order valence-electron chi connectivity index (χ1n) is 6.67. The fourth-order valence-electron chi connectivity index (χ4n) is 2.95. The number of alkyl halides is 1. The molecule has 0 aromatic heterocycles. The van der Waals surface area contributed by atoms with Crippen LogP contribution in [0.5, 0.6) is 0 Å². The molecule has 0 saturated carbocycles. The summed E-state index contributed by atoms with van der Waals surface area (Å²) >= 11 is 8.45. The molecule has 1 aromatic rings. The molecule has 1 saturated heterocycles. The summed E-state index contributed by atoms with van der Waals surface area (Å²) in [5, 5.41) is 1.53. The van der Waals surface area contributed by atoms with Gasteiger partial charge in [0, 0.05) is 29.2 Å². The predicted octanol–water partition coefficient (Wildman–Crippen LogP) is 3.98. The summed E-state index contributed by atoms with van der Waals surface area (Å²) in [7, 11) is 0.